The quantitative estimate of drug-likeness (QED) is 0.226. The van der Waals surface area contributed by atoms with E-state index >= 15 is 0 Å². The lowest BCUT2D eigenvalue weighted by atomic mass is 9.32. The first-order valence-corrected chi connectivity index (χ1v) is 17.5. The van der Waals surface area contributed by atoms with Gasteiger partial charge in [0.15, 0.2) is 0 Å². The Kier molecular flexibility index (Phi) is 8.54. The smallest absolute Gasteiger partial charge is 0.407 e. The highest BCUT2D eigenvalue weighted by molar-refractivity contribution is 5.67. The molecule has 0 aliphatic heterocycles. The molecule has 0 aromatic rings. The minimum atomic E-state index is -0.217. The Morgan fingerprint density at radius 3 is 2.34 bits per heavy atom. The van der Waals surface area contributed by atoms with Crippen molar-refractivity contribution < 1.29 is 14.6 Å². The minimum Gasteiger partial charge on any atom is -0.449 e. The summed E-state index contributed by atoms with van der Waals surface area (Å²) in [5.41, 5.74) is 2.34. The van der Waals surface area contributed by atoms with E-state index in [1.54, 1.807) is 0 Å². The molecule has 0 saturated heterocycles. The Morgan fingerprint density at radius 2 is 1.63 bits per heavy atom. The maximum absolute atomic E-state index is 12.8. The maximum Gasteiger partial charge on any atom is 0.407 e. The Balaban J connectivity index is 1.38. The number of alkyl carbamates (subject to hydrolysis) is 1. The van der Waals surface area contributed by atoms with Gasteiger partial charge in [-0.05, 0) is 129 Å². The van der Waals surface area contributed by atoms with Crippen LogP contribution in [-0.2, 0) is 4.74 Å². The van der Waals surface area contributed by atoms with Gasteiger partial charge in [0.05, 0.1) is 12.7 Å². The molecule has 0 aromatic carbocycles. The van der Waals surface area contributed by atoms with Crippen molar-refractivity contribution in [2.75, 3.05) is 13.2 Å². The van der Waals surface area contributed by atoms with E-state index < -0.39 is 0 Å². The van der Waals surface area contributed by atoms with E-state index in [0.717, 1.165) is 25.8 Å². The lowest BCUT2D eigenvalue weighted by Gasteiger charge is -2.73. The van der Waals surface area contributed by atoms with Gasteiger partial charge < -0.3 is 15.2 Å². The SMILES string of the molecule is C=C(C)[C@@H]1CC[C@]2(COC(=O)NCCCCCC)CC[C@]3(C)[C@H](CC[C@@H]4[C@@]5(C)CC[C@H](O)C(C)(C)[C@@H]5CC[C@]43C)[C@@H]12. The van der Waals surface area contributed by atoms with Crippen LogP contribution in [0, 0.1) is 56.7 Å². The largest absolute Gasteiger partial charge is 0.449 e. The average molecular weight is 570 g/mol. The lowest BCUT2D eigenvalue weighted by molar-refractivity contribution is -0.249. The summed E-state index contributed by atoms with van der Waals surface area (Å²) in [5.74, 6) is 3.07. The number of carbonyl (C=O) groups is 1. The Morgan fingerprint density at radius 1 is 0.878 bits per heavy atom. The van der Waals surface area contributed by atoms with Gasteiger partial charge in [-0.3, -0.25) is 0 Å². The molecule has 10 atom stereocenters. The number of hydrogen-bond acceptors (Lipinski definition) is 3. The van der Waals surface area contributed by atoms with Gasteiger partial charge in [-0.15, -0.1) is 0 Å². The molecule has 2 N–H and O–H groups in total. The van der Waals surface area contributed by atoms with E-state index in [-0.39, 0.29) is 28.4 Å². The number of aliphatic hydroxyl groups excluding tert-OH is 1. The number of hydrogen-bond donors (Lipinski definition) is 2. The van der Waals surface area contributed by atoms with E-state index in [1.807, 2.05) is 0 Å². The van der Waals surface area contributed by atoms with Gasteiger partial charge in [-0.25, -0.2) is 4.79 Å². The number of allylic oxidation sites excluding steroid dienone is 1. The molecule has 41 heavy (non-hydrogen) atoms. The van der Waals surface area contributed by atoms with Crippen LogP contribution in [-0.4, -0.2) is 30.5 Å². The third-order valence-corrected chi connectivity index (χ3v) is 15.0. The molecule has 0 heterocycles. The van der Waals surface area contributed by atoms with Crippen molar-refractivity contribution in [2.24, 2.45) is 56.7 Å². The molecular formula is C37H63NO3. The summed E-state index contributed by atoms with van der Waals surface area (Å²) in [6.07, 6.45) is 16.3. The highest BCUT2D eigenvalue weighted by Gasteiger charge is 2.71. The van der Waals surface area contributed by atoms with Crippen LogP contribution in [0.1, 0.15) is 138 Å². The first-order chi connectivity index (χ1) is 19.3. The monoisotopic (exact) mass is 569 g/mol. The molecule has 4 heteroatoms. The zero-order valence-corrected chi connectivity index (χ0v) is 27.7. The molecule has 0 spiro atoms. The number of rotatable bonds is 8. The molecule has 4 nitrogen and oxygen atoms in total. The van der Waals surface area contributed by atoms with E-state index in [4.69, 9.17) is 4.74 Å². The number of amides is 1. The number of aliphatic hydroxyl groups is 1. The summed E-state index contributed by atoms with van der Waals surface area (Å²) < 4.78 is 6.08. The van der Waals surface area contributed by atoms with Crippen molar-refractivity contribution in [3.63, 3.8) is 0 Å². The molecule has 5 rings (SSSR count). The van der Waals surface area contributed by atoms with Crippen LogP contribution in [0.4, 0.5) is 4.79 Å². The normalized spacial score (nSPS) is 46.4. The minimum absolute atomic E-state index is 0.00177. The van der Waals surface area contributed by atoms with Crippen LogP contribution in [0.15, 0.2) is 12.2 Å². The van der Waals surface area contributed by atoms with Gasteiger partial charge in [0.25, 0.3) is 0 Å². The molecule has 5 aliphatic rings. The predicted molar refractivity (Wildman–Crippen MR) is 168 cm³/mol. The van der Waals surface area contributed by atoms with Crippen molar-refractivity contribution in [2.45, 2.75) is 144 Å². The number of carbonyl (C=O) groups excluding carboxylic acids is 1. The van der Waals surface area contributed by atoms with Crippen molar-refractivity contribution in [3.05, 3.63) is 12.2 Å². The number of ether oxygens (including phenoxy) is 1. The Labute approximate surface area is 252 Å². The van der Waals surface area contributed by atoms with Crippen LogP contribution in [0.25, 0.3) is 0 Å². The fraction of sp³-hybridized carbons (Fsp3) is 0.919. The van der Waals surface area contributed by atoms with Gasteiger partial charge in [0.1, 0.15) is 0 Å². The molecule has 234 valence electrons. The van der Waals surface area contributed by atoms with Gasteiger partial charge in [0.2, 0.25) is 0 Å². The molecule has 0 radical (unpaired) electrons. The zero-order chi connectivity index (χ0) is 29.8. The zero-order valence-electron chi connectivity index (χ0n) is 27.7. The summed E-state index contributed by atoms with van der Waals surface area (Å²) in [6, 6.07) is 0. The first-order valence-electron chi connectivity index (χ1n) is 17.5. The first kappa shape index (κ1) is 31.4. The Bertz CT molecular complexity index is 991. The average Bonchev–Trinajstić information content (AvgIpc) is 3.30. The van der Waals surface area contributed by atoms with E-state index in [2.05, 4.69) is 60.4 Å². The highest BCUT2D eigenvalue weighted by atomic mass is 16.5. The standard InChI is InChI=1S/C37H63NO3/c1-9-10-11-12-23-38-32(40)41-24-37-20-15-26(25(2)3)31(37)27-13-14-29-34(6)18-17-30(39)33(4,5)28(34)16-19-36(29,8)35(27,7)21-22-37/h26-31,39H,2,9-24H2,1,3-8H3,(H,38,40)/t26-,27+,28-,29+,30-,31+,34-,35+,36+,37+/m0/s1. The molecular weight excluding hydrogens is 506 g/mol. The highest BCUT2D eigenvalue weighted by Crippen LogP contribution is 2.77. The molecule has 0 bridgehead atoms. The Hall–Kier alpha value is -1.03. The topological polar surface area (TPSA) is 58.6 Å². The molecule has 5 aliphatic carbocycles. The van der Waals surface area contributed by atoms with Crippen molar-refractivity contribution in [1.82, 2.24) is 5.32 Å². The fourth-order valence-corrected chi connectivity index (χ4v) is 12.5. The number of nitrogens with one attached hydrogen (secondary N) is 1. The van der Waals surface area contributed by atoms with Crippen molar-refractivity contribution in [1.29, 1.82) is 0 Å². The third-order valence-electron chi connectivity index (χ3n) is 15.0. The van der Waals surface area contributed by atoms with Crippen LogP contribution < -0.4 is 5.32 Å². The fourth-order valence-electron chi connectivity index (χ4n) is 12.5. The number of unbranched alkanes of at least 4 members (excludes halogenated alkanes) is 3. The van der Waals surface area contributed by atoms with Crippen LogP contribution in [0.5, 0.6) is 0 Å². The van der Waals surface area contributed by atoms with Crippen molar-refractivity contribution in [3.8, 4) is 0 Å². The second kappa shape index (κ2) is 11.2. The van der Waals surface area contributed by atoms with Gasteiger partial charge in [-0.1, -0.05) is 73.0 Å². The van der Waals surface area contributed by atoms with Crippen LogP contribution in [0.2, 0.25) is 0 Å². The van der Waals surface area contributed by atoms with Gasteiger partial charge in [0, 0.05) is 12.0 Å². The van der Waals surface area contributed by atoms with Crippen LogP contribution in [0.3, 0.4) is 0 Å². The number of fused-ring (bicyclic) bond motifs is 7. The van der Waals surface area contributed by atoms with Crippen molar-refractivity contribution >= 4 is 6.09 Å². The summed E-state index contributed by atoms with van der Waals surface area (Å²) >= 11 is 0. The molecule has 1 amide bonds. The summed E-state index contributed by atoms with van der Waals surface area (Å²) in [7, 11) is 0. The second-order valence-corrected chi connectivity index (χ2v) is 17.0. The summed E-state index contributed by atoms with van der Waals surface area (Å²) in [5, 5.41) is 14.1. The predicted octanol–water partition coefficient (Wildman–Crippen LogP) is 9.31. The van der Waals surface area contributed by atoms with E-state index in [0.29, 0.717) is 47.0 Å². The molecule has 0 unspecified atom stereocenters. The summed E-state index contributed by atoms with van der Waals surface area (Å²) in [6.45, 7) is 23.0. The third kappa shape index (κ3) is 4.83. The maximum atomic E-state index is 12.8. The molecule has 5 fully saturated rings. The van der Waals surface area contributed by atoms with Gasteiger partial charge >= 0.3 is 6.09 Å². The van der Waals surface area contributed by atoms with E-state index in [9.17, 15) is 9.90 Å². The van der Waals surface area contributed by atoms with Crippen LogP contribution >= 0.6 is 0 Å². The van der Waals surface area contributed by atoms with Gasteiger partial charge in [-0.2, -0.15) is 0 Å². The lowest BCUT2D eigenvalue weighted by Crippen LogP contribution is -2.66. The second-order valence-electron chi connectivity index (χ2n) is 17.0. The molecule has 0 aromatic heterocycles. The van der Waals surface area contributed by atoms with E-state index in [1.165, 1.54) is 76.2 Å². The molecule has 5 saturated carbocycles. The summed E-state index contributed by atoms with van der Waals surface area (Å²) in [4.78, 5) is 12.8.